The van der Waals surface area contributed by atoms with E-state index in [2.05, 4.69) is 34.2 Å². The van der Waals surface area contributed by atoms with Gasteiger partial charge in [-0.1, -0.05) is 66.0 Å². The first-order chi connectivity index (χ1) is 31.0. The molecule has 0 spiro atoms. The van der Waals surface area contributed by atoms with Gasteiger partial charge in [0.25, 0.3) is 0 Å². The number of aliphatic carboxylic acids is 1. The average molecular weight is 899 g/mol. The van der Waals surface area contributed by atoms with Gasteiger partial charge in [0, 0.05) is 65.7 Å². The zero-order valence-electron chi connectivity index (χ0n) is 35.3. The average Bonchev–Trinajstić information content (AvgIpc) is 3.31. The lowest BCUT2D eigenvalue weighted by Crippen LogP contribution is -2.44. The highest BCUT2D eigenvalue weighted by Crippen LogP contribution is 2.38. The quantitative estimate of drug-likeness (QED) is 0.0889. The summed E-state index contributed by atoms with van der Waals surface area (Å²) in [6, 6.07) is 25.9. The van der Waals surface area contributed by atoms with E-state index in [1.807, 2.05) is 43.0 Å². The van der Waals surface area contributed by atoms with Crippen LogP contribution in [0.5, 0.6) is 23.0 Å². The van der Waals surface area contributed by atoms with Crippen LogP contribution >= 0.6 is 23.2 Å². The van der Waals surface area contributed by atoms with Crippen LogP contribution in [0.15, 0.2) is 97.6 Å². The Kier molecular flexibility index (Phi) is 15.0. The molecule has 12 nitrogen and oxygen atoms in total. The molecule has 2 N–H and O–H groups in total. The SMILES string of the molecule is Cc1c(COc2cc(OCc3cncc(C#N)c3)c(CO)cc2Cl)cccc1-c1cccc(COc2cc(OCc3cncc(C#N)c3)c(CN3CCCCC3C(=O)O)cc2Cl)c1C. The monoisotopic (exact) mass is 897 g/mol. The number of aliphatic hydroxyl groups excluding tert-OH is 1. The van der Waals surface area contributed by atoms with Crippen LogP contribution in [0.25, 0.3) is 11.1 Å². The molecular weight excluding hydrogens is 853 g/mol. The number of hydrogen-bond acceptors (Lipinski definition) is 11. The number of rotatable bonds is 17. The van der Waals surface area contributed by atoms with Crippen molar-refractivity contribution in [3.05, 3.63) is 163 Å². The van der Waals surface area contributed by atoms with Crippen molar-refractivity contribution in [1.82, 2.24) is 14.9 Å². The highest BCUT2D eigenvalue weighted by molar-refractivity contribution is 6.32. The predicted molar refractivity (Wildman–Crippen MR) is 241 cm³/mol. The Hall–Kier alpha value is -6.67. The number of hydrogen-bond donors (Lipinski definition) is 2. The summed E-state index contributed by atoms with van der Waals surface area (Å²) >= 11 is 13.5. The Bertz CT molecular complexity index is 2750. The molecule has 1 unspecified atom stereocenters. The number of nitriles is 2. The van der Waals surface area contributed by atoms with Gasteiger partial charge in [-0.05, 0) is 90.9 Å². The molecule has 2 aromatic heterocycles. The molecule has 6 aromatic rings. The van der Waals surface area contributed by atoms with Gasteiger partial charge in [-0.25, -0.2) is 0 Å². The lowest BCUT2D eigenvalue weighted by molar-refractivity contribution is -0.144. The van der Waals surface area contributed by atoms with E-state index in [9.17, 15) is 25.5 Å². The first-order valence-corrected chi connectivity index (χ1v) is 21.4. The van der Waals surface area contributed by atoms with Gasteiger partial charge < -0.3 is 29.2 Å². The van der Waals surface area contributed by atoms with E-state index in [0.29, 0.717) is 80.4 Å². The Labute approximate surface area is 381 Å². The molecule has 1 fully saturated rings. The first-order valence-electron chi connectivity index (χ1n) is 20.6. The van der Waals surface area contributed by atoms with Crippen LogP contribution in [-0.4, -0.2) is 43.6 Å². The van der Waals surface area contributed by atoms with E-state index in [1.165, 1.54) is 12.4 Å². The second-order valence-electron chi connectivity index (χ2n) is 15.5. The van der Waals surface area contributed by atoms with Gasteiger partial charge in [0.15, 0.2) is 0 Å². The van der Waals surface area contributed by atoms with Gasteiger partial charge in [0.1, 0.15) is 67.6 Å². The third-order valence-corrected chi connectivity index (χ3v) is 11.8. The van der Waals surface area contributed by atoms with Crippen LogP contribution in [0.2, 0.25) is 10.0 Å². The van der Waals surface area contributed by atoms with E-state index < -0.39 is 12.0 Å². The fraction of sp³-hybridized carbons (Fsp3) is 0.260. The smallest absolute Gasteiger partial charge is 0.320 e. The topological polar surface area (TPSA) is 171 Å². The molecule has 3 heterocycles. The number of aromatic nitrogens is 2. The summed E-state index contributed by atoms with van der Waals surface area (Å²) in [4.78, 5) is 22.3. The normalized spacial score (nSPS) is 13.7. The summed E-state index contributed by atoms with van der Waals surface area (Å²) in [5.41, 5.74) is 9.41. The van der Waals surface area contributed by atoms with Crippen molar-refractivity contribution in [3.63, 3.8) is 0 Å². The zero-order chi connectivity index (χ0) is 45.2. The summed E-state index contributed by atoms with van der Waals surface area (Å²) in [7, 11) is 0. The maximum Gasteiger partial charge on any atom is 0.320 e. The number of aliphatic hydroxyl groups is 1. The molecule has 0 radical (unpaired) electrons. The number of carboxylic acid groups (broad SMARTS) is 1. The predicted octanol–water partition coefficient (Wildman–Crippen LogP) is 10.1. The van der Waals surface area contributed by atoms with E-state index in [4.69, 9.17) is 42.1 Å². The molecule has 1 aliphatic rings. The van der Waals surface area contributed by atoms with Crippen molar-refractivity contribution >= 4 is 29.2 Å². The van der Waals surface area contributed by atoms with Gasteiger partial charge in [-0.15, -0.1) is 0 Å². The summed E-state index contributed by atoms with van der Waals surface area (Å²) in [6.07, 6.45) is 8.52. The molecule has 0 aliphatic carbocycles. The number of piperidine rings is 1. The Morgan fingerprint density at radius 3 is 1.69 bits per heavy atom. The first kappa shape index (κ1) is 45.4. The number of pyridine rings is 2. The van der Waals surface area contributed by atoms with Gasteiger partial charge in [0.2, 0.25) is 0 Å². The van der Waals surface area contributed by atoms with Gasteiger partial charge in [0.05, 0.1) is 27.8 Å². The molecule has 1 atom stereocenters. The van der Waals surface area contributed by atoms with Crippen LogP contribution in [0.1, 0.15) is 74.9 Å². The Morgan fingerprint density at radius 2 is 1.19 bits per heavy atom. The fourth-order valence-electron chi connectivity index (χ4n) is 7.72. The molecule has 0 saturated carbocycles. The molecule has 326 valence electrons. The number of halogens is 2. The minimum Gasteiger partial charge on any atom is -0.488 e. The maximum atomic E-state index is 12.1. The zero-order valence-corrected chi connectivity index (χ0v) is 36.8. The Balaban J connectivity index is 1.08. The minimum atomic E-state index is -0.855. The van der Waals surface area contributed by atoms with Crippen molar-refractivity contribution in [2.45, 2.75) is 78.7 Å². The maximum absolute atomic E-state index is 12.1. The number of carboxylic acids is 1. The second-order valence-corrected chi connectivity index (χ2v) is 16.3. The van der Waals surface area contributed by atoms with E-state index >= 15 is 0 Å². The van der Waals surface area contributed by atoms with Gasteiger partial charge in [-0.3, -0.25) is 19.7 Å². The summed E-state index contributed by atoms with van der Waals surface area (Å²) in [5.74, 6) is 0.829. The van der Waals surface area contributed by atoms with E-state index in [-0.39, 0.29) is 33.0 Å². The standard InChI is InChI=1S/C50H45Cl2N5O7/c1-31-37(29-63-48-17-46(61-27-35-13-33(19-53)21-55-23-35)39(15-43(48)51)25-57-12-4-3-11-45(57)50(59)60)7-5-9-41(31)42-10-6-8-38(32(42)2)30-64-49-18-47(40(26-58)16-44(49)52)62-28-36-14-34(20-54)22-56-24-36/h5-10,13-18,21-24,45,58H,3-4,11-12,25-30H2,1-2H3,(H,59,60). The molecule has 64 heavy (non-hydrogen) atoms. The molecule has 0 amide bonds. The summed E-state index contributed by atoms with van der Waals surface area (Å²) in [5, 5.41) is 39.3. The molecule has 0 bridgehead atoms. The summed E-state index contributed by atoms with van der Waals surface area (Å²) < 4.78 is 25.0. The number of benzene rings is 4. The number of ether oxygens (including phenoxy) is 4. The molecule has 4 aromatic carbocycles. The van der Waals surface area contributed by atoms with E-state index in [1.54, 1.807) is 48.8 Å². The number of carbonyl (C=O) groups is 1. The van der Waals surface area contributed by atoms with Crippen LogP contribution in [0, 0.1) is 36.5 Å². The van der Waals surface area contributed by atoms with Crippen molar-refractivity contribution in [3.8, 4) is 46.3 Å². The molecule has 7 rings (SSSR count). The van der Waals surface area contributed by atoms with Crippen LogP contribution < -0.4 is 18.9 Å². The van der Waals surface area contributed by atoms with Crippen LogP contribution in [0.4, 0.5) is 0 Å². The van der Waals surface area contributed by atoms with Gasteiger partial charge in [-0.2, -0.15) is 10.5 Å². The van der Waals surface area contributed by atoms with Crippen LogP contribution in [-0.2, 0) is 44.4 Å². The lowest BCUT2D eigenvalue weighted by atomic mass is 9.92. The second kappa shape index (κ2) is 21.1. The molecule has 14 heteroatoms. The van der Waals surface area contributed by atoms with Crippen molar-refractivity contribution in [2.75, 3.05) is 6.54 Å². The fourth-order valence-corrected chi connectivity index (χ4v) is 8.20. The summed E-state index contributed by atoms with van der Waals surface area (Å²) in [6.45, 7) is 5.43. The third kappa shape index (κ3) is 10.9. The van der Waals surface area contributed by atoms with Crippen molar-refractivity contribution in [2.24, 2.45) is 0 Å². The lowest BCUT2D eigenvalue weighted by Gasteiger charge is -2.33. The third-order valence-electron chi connectivity index (χ3n) is 11.3. The molecular formula is C50H45Cl2N5O7. The van der Waals surface area contributed by atoms with Crippen LogP contribution in [0.3, 0.4) is 0 Å². The largest absolute Gasteiger partial charge is 0.488 e. The van der Waals surface area contributed by atoms with E-state index in [0.717, 1.165) is 51.8 Å². The number of likely N-dealkylation sites (tertiary alicyclic amines) is 1. The van der Waals surface area contributed by atoms with Crippen molar-refractivity contribution < 1.29 is 34.0 Å². The van der Waals surface area contributed by atoms with Gasteiger partial charge >= 0.3 is 5.97 Å². The number of nitrogens with zero attached hydrogens (tertiary/aromatic N) is 5. The van der Waals surface area contributed by atoms with Crippen molar-refractivity contribution in [1.29, 1.82) is 10.5 Å². The molecule has 1 saturated heterocycles. The Morgan fingerprint density at radius 1 is 0.688 bits per heavy atom. The molecule has 1 aliphatic heterocycles. The highest BCUT2D eigenvalue weighted by Gasteiger charge is 2.29. The highest BCUT2D eigenvalue weighted by atomic mass is 35.5. The minimum absolute atomic E-state index is 0.126.